The highest BCUT2D eigenvalue weighted by Crippen LogP contribution is 2.40. The zero-order valence-electron chi connectivity index (χ0n) is 14.5. The normalized spacial score (nSPS) is 16.3. The van der Waals surface area contributed by atoms with E-state index < -0.39 is 0 Å². The summed E-state index contributed by atoms with van der Waals surface area (Å²) in [6, 6.07) is 9.59. The Morgan fingerprint density at radius 1 is 1.38 bits per heavy atom. The Kier molecular flexibility index (Phi) is 4.17. The lowest BCUT2D eigenvalue weighted by Gasteiger charge is -2.11. The van der Waals surface area contributed by atoms with E-state index in [-0.39, 0.29) is 16.6 Å². The van der Waals surface area contributed by atoms with Crippen LogP contribution in [0.2, 0.25) is 0 Å². The van der Waals surface area contributed by atoms with Crippen molar-refractivity contribution in [3.63, 3.8) is 0 Å². The highest BCUT2D eigenvalue weighted by atomic mass is 32.2. The molecule has 8 heteroatoms. The molecule has 132 valence electrons. The van der Waals surface area contributed by atoms with Crippen molar-refractivity contribution in [1.29, 1.82) is 5.26 Å². The first kappa shape index (κ1) is 16.7. The number of hydrogen-bond donors (Lipinski definition) is 2. The summed E-state index contributed by atoms with van der Waals surface area (Å²) in [5.41, 5.74) is 1.72. The number of aromatic nitrogens is 5. The number of fused-ring (bicyclic) bond motifs is 1. The Morgan fingerprint density at radius 2 is 2.15 bits per heavy atom. The molecule has 1 aliphatic carbocycles. The first-order valence-corrected chi connectivity index (χ1v) is 9.30. The van der Waals surface area contributed by atoms with E-state index in [1.54, 1.807) is 0 Å². The summed E-state index contributed by atoms with van der Waals surface area (Å²) in [6.07, 6.45) is 2.31. The molecular formula is C18H18N6OS. The maximum Gasteiger partial charge on any atom is 0.191 e. The van der Waals surface area contributed by atoms with Gasteiger partial charge in [-0.25, -0.2) is 4.98 Å². The van der Waals surface area contributed by atoms with Crippen molar-refractivity contribution >= 4 is 28.4 Å². The van der Waals surface area contributed by atoms with E-state index in [1.807, 2.05) is 42.8 Å². The summed E-state index contributed by atoms with van der Waals surface area (Å²) in [5, 5.41) is 29.1. The maximum atomic E-state index is 10.7. The molecule has 4 rings (SSSR count). The molecule has 1 aliphatic rings. The fourth-order valence-electron chi connectivity index (χ4n) is 2.85. The lowest BCUT2D eigenvalue weighted by molar-refractivity contribution is 0.401. The number of benzene rings is 1. The number of H-pyrrole nitrogens is 1. The number of aromatic amines is 1. The van der Waals surface area contributed by atoms with Gasteiger partial charge in [-0.05, 0) is 31.9 Å². The zero-order chi connectivity index (χ0) is 18.3. The highest BCUT2D eigenvalue weighted by molar-refractivity contribution is 7.99. The second-order valence-electron chi connectivity index (χ2n) is 6.41. The summed E-state index contributed by atoms with van der Waals surface area (Å²) in [6.45, 7) is 1.84. The van der Waals surface area contributed by atoms with Gasteiger partial charge in [0.1, 0.15) is 23.2 Å². The second kappa shape index (κ2) is 6.50. The summed E-state index contributed by atoms with van der Waals surface area (Å²) >= 11 is 1.38. The van der Waals surface area contributed by atoms with Crippen molar-refractivity contribution in [2.45, 2.75) is 36.1 Å². The average molecular weight is 366 g/mol. The minimum absolute atomic E-state index is 0.0208. The van der Waals surface area contributed by atoms with Crippen LogP contribution in [0.5, 0.6) is 0 Å². The molecule has 0 spiro atoms. The molecule has 2 heterocycles. The number of aliphatic hydroxyl groups is 1. The minimum Gasteiger partial charge on any atom is -0.510 e. The van der Waals surface area contributed by atoms with E-state index in [1.165, 1.54) is 11.8 Å². The highest BCUT2D eigenvalue weighted by Gasteiger charge is 2.30. The van der Waals surface area contributed by atoms with Crippen LogP contribution in [0.25, 0.3) is 16.6 Å². The van der Waals surface area contributed by atoms with Crippen molar-refractivity contribution < 1.29 is 5.11 Å². The first-order valence-electron chi connectivity index (χ1n) is 8.42. The summed E-state index contributed by atoms with van der Waals surface area (Å²) in [7, 11) is 1.94. The number of nitrogens with zero attached hydrogens (tertiary/aromatic N) is 5. The van der Waals surface area contributed by atoms with Gasteiger partial charge in [-0.1, -0.05) is 23.9 Å². The van der Waals surface area contributed by atoms with E-state index in [4.69, 9.17) is 0 Å². The predicted octanol–water partition coefficient (Wildman–Crippen LogP) is 3.54. The van der Waals surface area contributed by atoms with Crippen LogP contribution in [0.3, 0.4) is 0 Å². The fraction of sp³-hybridized carbons (Fsp3) is 0.333. The predicted molar refractivity (Wildman–Crippen MR) is 99.6 cm³/mol. The van der Waals surface area contributed by atoms with E-state index >= 15 is 0 Å². The molecule has 1 aromatic carbocycles. The molecule has 2 N–H and O–H groups in total. The third kappa shape index (κ3) is 2.95. The van der Waals surface area contributed by atoms with E-state index in [0.717, 1.165) is 34.9 Å². The number of hydrogen-bond acceptors (Lipinski definition) is 6. The lowest BCUT2D eigenvalue weighted by atomic mass is 10.2. The lowest BCUT2D eigenvalue weighted by Crippen LogP contribution is -2.07. The van der Waals surface area contributed by atoms with Gasteiger partial charge in [-0.3, -0.25) is 0 Å². The Labute approximate surface area is 154 Å². The van der Waals surface area contributed by atoms with Crippen LogP contribution in [0.1, 0.15) is 37.3 Å². The largest absolute Gasteiger partial charge is 0.510 e. The maximum absolute atomic E-state index is 10.7. The second-order valence-corrected chi connectivity index (χ2v) is 7.72. The van der Waals surface area contributed by atoms with Gasteiger partial charge in [0.25, 0.3) is 0 Å². The monoisotopic (exact) mass is 366 g/mol. The number of rotatable bonds is 5. The van der Waals surface area contributed by atoms with Crippen LogP contribution in [-0.2, 0) is 7.05 Å². The standard InChI is InChI=1S/C18H18N6OS/c1-10(26-18-23-22-17(24(18)2)11-7-8-11)15(25)12(9-19)16-20-13-5-3-4-6-14(13)21-16/h3-6,10-11,25H,7-8H2,1-2H3,(H,20,21)/b15-12-/t10-/m1/s1. The molecular weight excluding hydrogens is 348 g/mol. The van der Waals surface area contributed by atoms with Gasteiger partial charge >= 0.3 is 0 Å². The van der Waals surface area contributed by atoms with Gasteiger partial charge in [0.2, 0.25) is 0 Å². The Morgan fingerprint density at radius 3 is 2.85 bits per heavy atom. The van der Waals surface area contributed by atoms with E-state index in [2.05, 4.69) is 26.2 Å². The molecule has 1 atom stereocenters. The smallest absolute Gasteiger partial charge is 0.191 e. The third-order valence-electron chi connectivity index (χ3n) is 4.47. The van der Waals surface area contributed by atoms with Crippen LogP contribution >= 0.6 is 11.8 Å². The molecule has 7 nitrogen and oxygen atoms in total. The molecule has 0 unspecified atom stereocenters. The number of allylic oxidation sites excluding steroid dienone is 1. The van der Waals surface area contributed by atoms with Crippen LogP contribution < -0.4 is 0 Å². The molecule has 0 amide bonds. The summed E-state index contributed by atoms with van der Waals surface area (Å²) in [4.78, 5) is 7.50. The Hall–Kier alpha value is -2.79. The van der Waals surface area contributed by atoms with Crippen LogP contribution in [-0.4, -0.2) is 35.1 Å². The molecule has 1 fully saturated rings. The molecule has 0 bridgehead atoms. The topological polar surface area (TPSA) is 103 Å². The Bertz CT molecular complexity index is 1010. The molecule has 0 saturated heterocycles. The van der Waals surface area contributed by atoms with Gasteiger partial charge in [0.05, 0.1) is 16.3 Å². The quantitative estimate of drug-likeness (QED) is 0.407. The SMILES string of the molecule is C[C@@H](Sc1nnc(C2CC2)n1C)/C(O)=C(\C#N)c1nc2ccccc2[nH]1. The summed E-state index contributed by atoms with van der Waals surface area (Å²) < 4.78 is 1.97. The fourth-order valence-corrected chi connectivity index (χ4v) is 3.73. The van der Waals surface area contributed by atoms with Crippen LogP contribution in [0, 0.1) is 11.3 Å². The van der Waals surface area contributed by atoms with Crippen molar-refractivity contribution in [3.8, 4) is 6.07 Å². The minimum atomic E-state index is -0.354. The number of nitriles is 1. The van der Waals surface area contributed by atoms with Gasteiger partial charge in [-0.15, -0.1) is 10.2 Å². The van der Waals surface area contributed by atoms with Gasteiger partial charge < -0.3 is 14.7 Å². The number of nitrogens with one attached hydrogen (secondary N) is 1. The van der Waals surface area contributed by atoms with Gasteiger partial charge in [0.15, 0.2) is 11.0 Å². The van der Waals surface area contributed by atoms with Gasteiger partial charge in [-0.2, -0.15) is 5.26 Å². The van der Waals surface area contributed by atoms with E-state index in [9.17, 15) is 10.4 Å². The zero-order valence-corrected chi connectivity index (χ0v) is 15.3. The number of thioether (sulfide) groups is 1. The third-order valence-corrected chi connectivity index (χ3v) is 5.62. The van der Waals surface area contributed by atoms with E-state index in [0.29, 0.717) is 11.7 Å². The summed E-state index contributed by atoms with van der Waals surface area (Å²) in [5.74, 6) is 1.84. The molecule has 3 aromatic rings. The molecule has 0 radical (unpaired) electrons. The number of para-hydroxylation sites is 2. The van der Waals surface area contributed by atoms with Gasteiger partial charge in [0, 0.05) is 13.0 Å². The molecule has 0 aliphatic heterocycles. The van der Waals surface area contributed by atoms with Crippen molar-refractivity contribution in [2.24, 2.45) is 7.05 Å². The number of aliphatic hydroxyl groups excluding tert-OH is 1. The van der Waals surface area contributed by atoms with Crippen molar-refractivity contribution in [1.82, 2.24) is 24.7 Å². The molecule has 26 heavy (non-hydrogen) atoms. The molecule has 1 saturated carbocycles. The average Bonchev–Trinajstić information content (AvgIpc) is 3.29. The Balaban J connectivity index is 1.62. The van der Waals surface area contributed by atoms with Crippen molar-refractivity contribution in [2.75, 3.05) is 0 Å². The first-order chi connectivity index (χ1) is 12.6. The molecule has 2 aromatic heterocycles. The van der Waals surface area contributed by atoms with Crippen LogP contribution in [0.4, 0.5) is 0 Å². The van der Waals surface area contributed by atoms with Crippen molar-refractivity contribution in [3.05, 3.63) is 41.7 Å². The van der Waals surface area contributed by atoms with Crippen LogP contribution in [0.15, 0.2) is 35.2 Å². The number of imidazole rings is 1.